The van der Waals surface area contributed by atoms with Crippen LogP contribution in [0.1, 0.15) is 25.1 Å². The molecule has 0 saturated heterocycles. The predicted octanol–water partition coefficient (Wildman–Crippen LogP) is 4.33. The first-order valence-corrected chi connectivity index (χ1v) is 6.96. The first kappa shape index (κ1) is 13.4. The number of aliphatic hydroxyl groups is 1. The summed E-state index contributed by atoms with van der Waals surface area (Å²) in [6.45, 7) is 1.93. The molecule has 0 radical (unpaired) electrons. The summed E-state index contributed by atoms with van der Waals surface area (Å²) in [5.74, 6) is 0. The van der Waals surface area contributed by atoms with Gasteiger partial charge in [0.05, 0.1) is 11.8 Å². The van der Waals surface area contributed by atoms with Crippen molar-refractivity contribution in [1.82, 2.24) is 4.98 Å². The zero-order chi connectivity index (χ0) is 13.0. The molecule has 0 aliphatic heterocycles. The molecule has 1 N–H and O–H groups in total. The Kier molecular flexibility index (Phi) is 4.64. The minimum atomic E-state index is -0.473. The van der Waals surface area contributed by atoms with E-state index in [2.05, 4.69) is 4.98 Å². The molecule has 1 heterocycles. The zero-order valence-electron chi connectivity index (χ0n) is 10.0. The Bertz CT molecular complexity index is 498. The molecular weight excluding hydrogens is 266 g/mol. The summed E-state index contributed by atoms with van der Waals surface area (Å²) in [5.41, 5.74) is 0.720. The van der Waals surface area contributed by atoms with Gasteiger partial charge in [-0.3, -0.25) is 4.98 Å². The fourth-order valence-electron chi connectivity index (χ4n) is 1.50. The Labute approximate surface area is 116 Å². The highest BCUT2D eigenvalue weighted by molar-refractivity contribution is 7.99. The van der Waals surface area contributed by atoms with Gasteiger partial charge in [0.15, 0.2) is 0 Å². The van der Waals surface area contributed by atoms with Crippen molar-refractivity contribution in [2.45, 2.75) is 29.2 Å². The number of aromatic nitrogens is 1. The molecule has 0 bridgehead atoms. The second-order valence-corrected chi connectivity index (χ2v) is 5.48. The average molecular weight is 280 g/mol. The van der Waals surface area contributed by atoms with Crippen LogP contribution in [-0.2, 0) is 0 Å². The van der Waals surface area contributed by atoms with Crippen LogP contribution in [0.15, 0.2) is 52.4 Å². The molecule has 2 rings (SSSR count). The Morgan fingerprint density at radius 1 is 1.17 bits per heavy atom. The highest BCUT2D eigenvalue weighted by atomic mass is 35.5. The van der Waals surface area contributed by atoms with E-state index >= 15 is 0 Å². The maximum atomic E-state index is 9.66. The number of hydrogen-bond donors (Lipinski definition) is 1. The number of halogens is 1. The summed E-state index contributed by atoms with van der Waals surface area (Å²) in [6, 6.07) is 11.5. The Morgan fingerprint density at radius 3 is 2.39 bits per heavy atom. The minimum absolute atomic E-state index is 0.473. The predicted molar refractivity (Wildman–Crippen MR) is 75.1 cm³/mol. The number of aliphatic hydroxyl groups excluding tert-OH is 1. The van der Waals surface area contributed by atoms with Crippen LogP contribution in [0, 0.1) is 0 Å². The van der Waals surface area contributed by atoms with Gasteiger partial charge in [0, 0.05) is 21.0 Å². The maximum absolute atomic E-state index is 9.66. The molecule has 0 amide bonds. The van der Waals surface area contributed by atoms with Gasteiger partial charge >= 0.3 is 0 Å². The Hall–Kier alpha value is -1.03. The van der Waals surface area contributed by atoms with Crippen LogP contribution in [0.25, 0.3) is 0 Å². The molecule has 0 saturated carbocycles. The molecule has 1 aromatic carbocycles. The van der Waals surface area contributed by atoms with Crippen molar-refractivity contribution in [1.29, 1.82) is 0 Å². The van der Waals surface area contributed by atoms with Crippen LogP contribution < -0.4 is 0 Å². The third kappa shape index (κ3) is 3.48. The quantitative estimate of drug-likeness (QED) is 0.904. The van der Waals surface area contributed by atoms with Crippen molar-refractivity contribution in [2.24, 2.45) is 0 Å². The normalized spacial score (nSPS) is 12.4. The van der Waals surface area contributed by atoms with Crippen LogP contribution in [0.3, 0.4) is 0 Å². The van der Waals surface area contributed by atoms with Crippen LogP contribution in [0.5, 0.6) is 0 Å². The second kappa shape index (κ2) is 6.23. The highest BCUT2D eigenvalue weighted by Gasteiger charge is 2.06. The average Bonchev–Trinajstić information content (AvgIpc) is 2.41. The zero-order valence-corrected chi connectivity index (χ0v) is 11.6. The van der Waals surface area contributed by atoms with Crippen molar-refractivity contribution >= 4 is 23.4 Å². The molecule has 2 nitrogen and oxygen atoms in total. The fourth-order valence-corrected chi connectivity index (χ4v) is 2.41. The summed E-state index contributed by atoms with van der Waals surface area (Å²) in [4.78, 5) is 6.43. The van der Waals surface area contributed by atoms with Gasteiger partial charge in [-0.1, -0.05) is 30.3 Å². The summed E-state index contributed by atoms with van der Waals surface area (Å²) >= 11 is 7.46. The Balaban J connectivity index is 2.08. The minimum Gasteiger partial charge on any atom is -0.387 e. The lowest BCUT2D eigenvalue weighted by Crippen LogP contribution is -1.97. The molecule has 2 aromatic rings. The number of rotatable bonds is 4. The summed E-state index contributed by atoms with van der Waals surface area (Å²) in [7, 11) is 0. The van der Waals surface area contributed by atoms with E-state index in [0.29, 0.717) is 6.42 Å². The van der Waals surface area contributed by atoms with Crippen LogP contribution in [0.2, 0.25) is 5.02 Å². The number of pyridine rings is 1. The van der Waals surface area contributed by atoms with E-state index in [9.17, 15) is 5.11 Å². The first-order valence-electron chi connectivity index (χ1n) is 5.76. The monoisotopic (exact) mass is 279 g/mol. The van der Waals surface area contributed by atoms with Gasteiger partial charge in [0.2, 0.25) is 0 Å². The number of nitrogens with zero attached hydrogens (tertiary/aromatic N) is 1. The Morgan fingerprint density at radius 2 is 1.83 bits per heavy atom. The lowest BCUT2D eigenvalue weighted by molar-refractivity contribution is 0.169. The highest BCUT2D eigenvalue weighted by Crippen LogP contribution is 2.28. The molecule has 0 unspecified atom stereocenters. The number of benzene rings is 1. The molecule has 94 valence electrons. The van der Waals surface area contributed by atoms with E-state index < -0.39 is 6.10 Å². The smallest absolute Gasteiger partial charge is 0.0957 e. The SMILES string of the molecule is CC[C@@H](O)c1ccc(Sc2ccc(Cl)cc2)cn1. The van der Waals surface area contributed by atoms with Crippen molar-refractivity contribution in [3.63, 3.8) is 0 Å². The van der Waals surface area contributed by atoms with Crippen molar-refractivity contribution < 1.29 is 5.11 Å². The van der Waals surface area contributed by atoms with Gasteiger partial charge in [0.1, 0.15) is 0 Å². The number of hydrogen-bond acceptors (Lipinski definition) is 3. The summed E-state index contributed by atoms with van der Waals surface area (Å²) in [5, 5.41) is 10.4. The van der Waals surface area contributed by atoms with Crippen LogP contribution >= 0.6 is 23.4 Å². The lowest BCUT2D eigenvalue weighted by Gasteiger charge is -2.07. The third-order valence-corrected chi connectivity index (χ3v) is 3.77. The third-order valence-electron chi connectivity index (χ3n) is 2.54. The molecular formula is C14H14ClNOS. The lowest BCUT2D eigenvalue weighted by atomic mass is 10.2. The van der Waals surface area contributed by atoms with E-state index in [-0.39, 0.29) is 0 Å². The van der Waals surface area contributed by atoms with Gasteiger partial charge in [-0.2, -0.15) is 0 Å². The van der Waals surface area contributed by atoms with E-state index in [1.165, 1.54) is 0 Å². The van der Waals surface area contributed by atoms with Crippen molar-refractivity contribution in [2.75, 3.05) is 0 Å². The van der Waals surface area contributed by atoms with E-state index in [1.54, 1.807) is 18.0 Å². The molecule has 18 heavy (non-hydrogen) atoms. The molecule has 0 aliphatic carbocycles. The largest absolute Gasteiger partial charge is 0.387 e. The molecule has 0 aliphatic rings. The first-order chi connectivity index (χ1) is 8.69. The van der Waals surface area contributed by atoms with E-state index in [4.69, 9.17) is 11.6 Å². The van der Waals surface area contributed by atoms with Crippen molar-refractivity contribution in [3.8, 4) is 0 Å². The van der Waals surface area contributed by atoms with Crippen molar-refractivity contribution in [3.05, 3.63) is 53.3 Å². The molecule has 0 spiro atoms. The fraction of sp³-hybridized carbons (Fsp3) is 0.214. The van der Waals surface area contributed by atoms with E-state index in [1.807, 2.05) is 43.3 Å². The van der Waals surface area contributed by atoms with Gasteiger partial charge in [0.25, 0.3) is 0 Å². The van der Waals surface area contributed by atoms with E-state index in [0.717, 1.165) is 20.5 Å². The molecule has 1 atom stereocenters. The maximum Gasteiger partial charge on any atom is 0.0957 e. The topological polar surface area (TPSA) is 33.1 Å². The molecule has 4 heteroatoms. The standard InChI is InChI=1S/C14H14ClNOS/c1-2-14(17)13-8-7-12(9-16-13)18-11-5-3-10(15)4-6-11/h3-9,14,17H,2H2,1H3/t14-/m1/s1. The molecule has 1 aromatic heterocycles. The van der Waals surface area contributed by atoms with Gasteiger partial charge in [-0.05, 0) is 42.8 Å². The van der Waals surface area contributed by atoms with Crippen LogP contribution in [0.4, 0.5) is 0 Å². The van der Waals surface area contributed by atoms with Gasteiger partial charge in [-0.25, -0.2) is 0 Å². The second-order valence-electron chi connectivity index (χ2n) is 3.90. The summed E-state index contributed by atoms with van der Waals surface area (Å²) in [6.07, 6.45) is 1.99. The van der Waals surface area contributed by atoms with Gasteiger partial charge < -0.3 is 5.11 Å². The van der Waals surface area contributed by atoms with Crippen LogP contribution in [-0.4, -0.2) is 10.1 Å². The summed E-state index contributed by atoms with van der Waals surface area (Å²) < 4.78 is 0. The molecule has 0 fully saturated rings. The van der Waals surface area contributed by atoms with Gasteiger partial charge in [-0.15, -0.1) is 0 Å².